The summed E-state index contributed by atoms with van der Waals surface area (Å²) in [7, 11) is 0. The van der Waals surface area contributed by atoms with Crippen LogP contribution >= 0.6 is 23.4 Å². The quantitative estimate of drug-likeness (QED) is 0.336. The van der Waals surface area contributed by atoms with Gasteiger partial charge in [-0.1, -0.05) is 23.4 Å². The van der Waals surface area contributed by atoms with E-state index in [1.807, 2.05) is 0 Å². The van der Waals surface area contributed by atoms with Crippen molar-refractivity contribution in [2.75, 3.05) is 29.5 Å². The number of piperidine rings is 1. The maximum absolute atomic E-state index is 6.81. The number of nitrogens with two attached hydrogens (primary N) is 3. The predicted octanol–water partition coefficient (Wildman–Crippen LogP) is 3.56. The van der Waals surface area contributed by atoms with Crippen LogP contribution in [-0.2, 0) is 6.42 Å². The Hall–Kier alpha value is -3.08. The Bertz CT molecular complexity index is 1400. The lowest BCUT2D eigenvalue weighted by molar-refractivity contribution is 0.187. The van der Waals surface area contributed by atoms with Gasteiger partial charge < -0.3 is 27.1 Å². The molecule has 1 spiro atoms. The van der Waals surface area contributed by atoms with Gasteiger partial charge in [0.15, 0.2) is 5.82 Å². The van der Waals surface area contributed by atoms with Gasteiger partial charge in [0.05, 0.1) is 28.6 Å². The molecule has 1 aromatic carbocycles. The lowest BCUT2D eigenvalue weighted by Gasteiger charge is -2.42. The van der Waals surface area contributed by atoms with Gasteiger partial charge in [-0.3, -0.25) is 0 Å². The Labute approximate surface area is 205 Å². The second-order valence-electron chi connectivity index (χ2n) is 9.00. The summed E-state index contributed by atoms with van der Waals surface area (Å²) >= 11 is 7.58. The molecule has 2 aliphatic rings. The number of fused-ring (bicyclic) bond motifs is 2. The number of nitrogens with zero attached hydrogens (tertiary/aromatic N) is 5. The van der Waals surface area contributed by atoms with E-state index in [1.54, 1.807) is 24.8 Å². The van der Waals surface area contributed by atoms with Crippen LogP contribution in [0.1, 0.15) is 30.0 Å². The van der Waals surface area contributed by atoms with Gasteiger partial charge in [0, 0.05) is 30.2 Å². The zero-order chi connectivity index (χ0) is 23.4. The number of anilines is 3. The highest BCUT2D eigenvalue weighted by atomic mass is 35.5. The van der Waals surface area contributed by atoms with E-state index in [4.69, 9.17) is 28.8 Å². The first-order chi connectivity index (χ1) is 16.4. The minimum absolute atomic E-state index is 0.0122. The molecule has 3 aromatic heterocycles. The molecule has 34 heavy (non-hydrogen) atoms. The Morgan fingerprint density at radius 1 is 1.12 bits per heavy atom. The predicted molar refractivity (Wildman–Crippen MR) is 135 cm³/mol. The number of nitrogen functional groups attached to an aromatic ring is 2. The van der Waals surface area contributed by atoms with Gasteiger partial charge >= 0.3 is 0 Å². The zero-order valence-electron chi connectivity index (χ0n) is 18.3. The molecule has 0 radical (unpaired) electrons. The van der Waals surface area contributed by atoms with Crippen LogP contribution in [-0.4, -0.2) is 38.0 Å². The molecule has 4 aromatic rings. The van der Waals surface area contributed by atoms with E-state index in [2.05, 4.69) is 42.0 Å². The molecule has 7 N–H and O–H groups in total. The number of imidazole rings is 1. The first-order valence-corrected chi connectivity index (χ1v) is 12.3. The van der Waals surface area contributed by atoms with E-state index in [0.717, 1.165) is 54.1 Å². The van der Waals surface area contributed by atoms with Gasteiger partial charge in [-0.25, -0.2) is 19.9 Å². The number of benzene rings is 1. The van der Waals surface area contributed by atoms with Crippen LogP contribution in [0.4, 0.5) is 17.5 Å². The van der Waals surface area contributed by atoms with E-state index in [1.165, 1.54) is 22.9 Å². The van der Waals surface area contributed by atoms with Gasteiger partial charge in [0.1, 0.15) is 16.7 Å². The third-order valence-electron chi connectivity index (χ3n) is 7.14. The Kier molecular flexibility index (Phi) is 5.05. The third kappa shape index (κ3) is 3.44. The average Bonchev–Trinajstić information content (AvgIpc) is 3.39. The molecule has 0 amide bonds. The summed E-state index contributed by atoms with van der Waals surface area (Å²) in [4.78, 5) is 23.8. The highest BCUT2D eigenvalue weighted by Crippen LogP contribution is 2.51. The van der Waals surface area contributed by atoms with Gasteiger partial charge in [0.2, 0.25) is 0 Å². The summed E-state index contributed by atoms with van der Waals surface area (Å²) in [5, 5.41) is 0.975. The molecule has 4 heterocycles. The molecule has 0 saturated carbocycles. The van der Waals surface area contributed by atoms with Crippen molar-refractivity contribution >= 4 is 51.8 Å². The molecule has 6 rings (SSSR count). The normalized spacial score (nSPS) is 19.1. The number of aromatic nitrogens is 5. The van der Waals surface area contributed by atoms with E-state index in [-0.39, 0.29) is 17.3 Å². The number of H-pyrrole nitrogens is 1. The standard InChI is InChI=1S/C23H24ClN9S/c24-18-16(1-4-28-20(18)26)34-22-21(27)32-17(10-29-22)33-5-2-23(3-6-33)9-12-7-14-15(31-11-30-14)8-13(12)19(23)25/h1,4,7-8,10-11,19H,2-3,5-6,9,25H2,(H2,26,28)(H2,27,32)(H,30,31)/t19-/m1/s1. The molecule has 174 valence electrons. The summed E-state index contributed by atoms with van der Waals surface area (Å²) in [5.41, 5.74) is 23.5. The van der Waals surface area contributed by atoms with Gasteiger partial charge in [-0.2, -0.15) is 0 Å². The highest BCUT2D eigenvalue weighted by molar-refractivity contribution is 7.99. The van der Waals surface area contributed by atoms with Crippen molar-refractivity contribution in [2.24, 2.45) is 11.1 Å². The summed E-state index contributed by atoms with van der Waals surface area (Å²) in [5.74, 6) is 1.42. The van der Waals surface area contributed by atoms with E-state index >= 15 is 0 Å². The van der Waals surface area contributed by atoms with Crippen molar-refractivity contribution in [2.45, 2.75) is 35.2 Å². The second-order valence-corrected chi connectivity index (χ2v) is 10.4. The fourth-order valence-corrected chi connectivity index (χ4v) is 6.23. The van der Waals surface area contributed by atoms with E-state index in [0.29, 0.717) is 15.9 Å². The summed E-state index contributed by atoms with van der Waals surface area (Å²) < 4.78 is 0. The number of pyridine rings is 1. The van der Waals surface area contributed by atoms with Crippen LogP contribution in [0.5, 0.6) is 0 Å². The number of hydrogen-bond donors (Lipinski definition) is 4. The molecular weight excluding hydrogens is 470 g/mol. The fourth-order valence-electron chi connectivity index (χ4n) is 5.21. The number of nitrogens with one attached hydrogen (secondary N) is 1. The SMILES string of the molecule is Nc1nc(N2CCC3(CC2)Cc2cc4[nH]cnc4cc2[C@H]3N)cnc1Sc1ccnc(N)c1Cl. The number of halogens is 1. The van der Waals surface area contributed by atoms with Crippen molar-refractivity contribution in [1.82, 2.24) is 24.9 Å². The molecule has 1 aliphatic heterocycles. The molecule has 11 heteroatoms. The maximum Gasteiger partial charge on any atom is 0.158 e. The number of aromatic amines is 1. The Balaban J connectivity index is 1.17. The van der Waals surface area contributed by atoms with E-state index in [9.17, 15) is 0 Å². The molecule has 0 unspecified atom stereocenters. The monoisotopic (exact) mass is 493 g/mol. The molecule has 9 nitrogen and oxygen atoms in total. The van der Waals surface area contributed by atoms with Crippen LogP contribution in [0.15, 0.2) is 46.8 Å². The molecule has 1 aliphatic carbocycles. The van der Waals surface area contributed by atoms with Crippen LogP contribution in [0, 0.1) is 5.41 Å². The van der Waals surface area contributed by atoms with Crippen molar-refractivity contribution in [3.8, 4) is 0 Å². The van der Waals surface area contributed by atoms with Crippen molar-refractivity contribution < 1.29 is 0 Å². The van der Waals surface area contributed by atoms with Gasteiger partial charge in [0.25, 0.3) is 0 Å². The van der Waals surface area contributed by atoms with Crippen molar-refractivity contribution in [3.05, 3.63) is 53.1 Å². The summed E-state index contributed by atoms with van der Waals surface area (Å²) in [6.07, 6.45) is 8.06. The third-order valence-corrected chi connectivity index (χ3v) is 8.72. The molecular formula is C23H24ClN9S. The first kappa shape index (κ1) is 21.5. The van der Waals surface area contributed by atoms with Gasteiger partial charge in [-0.15, -0.1) is 0 Å². The van der Waals surface area contributed by atoms with Crippen LogP contribution in [0.3, 0.4) is 0 Å². The number of hydrogen-bond acceptors (Lipinski definition) is 9. The highest BCUT2D eigenvalue weighted by Gasteiger charge is 2.46. The summed E-state index contributed by atoms with van der Waals surface area (Å²) in [6, 6.07) is 6.16. The molecule has 1 atom stereocenters. The summed E-state index contributed by atoms with van der Waals surface area (Å²) in [6.45, 7) is 1.70. The lowest BCUT2D eigenvalue weighted by atomic mass is 9.73. The average molecular weight is 494 g/mol. The second kappa shape index (κ2) is 8.00. The maximum atomic E-state index is 6.81. The topological polar surface area (TPSA) is 149 Å². The number of rotatable bonds is 3. The smallest absolute Gasteiger partial charge is 0.158 e. The van der Waals surface area contributed by atoms with Crippen LogP contribution in [0.2, 0.25) is 5.02 Å². The minimum atomic E-state index is 0.0122. The van der Waals surface area contributed by atoms with Crippen LogP contribution < -0.4 is 22.1 Å². The molecule has 0 bridgehead atoms. The zero-order valence-corrected chi connectivity index (χ0v) is 19.9. The van der Waals surface area contributed by atoms with E-state index < -0.39 is 0 Å². The van der Waals surface area contributed by atoms with Crippen LogP contribution in [0.25, 0.3) is 11.0 Å². The van der Waals surface area contributed by atoms with Gasteiger partial charge in [-0.05, 0) is 54.0 Å². The minimum Gasteiger partial charge on any atom is -0.382 e. The lowest BCUT2D eigenvalue weighted by Crippen LogP contribution is -2.44. The Morgan fingerprint density at radius 3 is 2.74 bits per heavy atom. The first-order valence-electron chi connectivity index (χ1n) is 11.1. The molecule has 1 fully saturated rings. The fraction of sp³-hybridized carbons (Fsp3) is 0.304. The van der Waals surface area contributed by atoms with Crippen molar-refractivity contribution in [1.29, 1.82) is 0 Å². The largest absolute Gasteiger partial charge is 0.382 e. The Morgan fingerprint density at radius 2 is 1.94 bits per heavy atom. The molecule has 1 saturated heterocycles. The van der Waals surface area contributed by atoms with Crippen molar-refractivity contribution in [3.63, 3.8) is 0 Å².